The number of carbonyl (C=O) groups excluding carboxylic acids is 2. The van der Waals surface area contributed by atoms with Gasteiger partial charge < -0.3 is 19.7 Å². The topological polar surface area (TPSA) is 67.9 Å². The predicted molar refractivity (Wildman–Crippen MR) is 129 cm³/mol. The molecule has 2 aromatic carbocycles. The fourth-order valence-corrected chi connectivity index (χ4v) is 3.99. The average Bonchev–Trinajstić information content (AvgIpc) is 2.81. The van der Waals surface area contributed by atoms with Gasteiger partial charge in [-0.1, -0.05) is 56.7 Å². The Labute approximate surface area is 197 Å². The van der Waals surface area contributed by atoms with E-state index in [1.54, 1.807) is 4.90 Å². The molecule has 3 rings (SSSR count). The molecule has 2 amide bonds. The Morgan fingerprint density at radius 1 is 1.03 bits per heavy atom. The van der Waals surface area contributed by atoms with Crippen molar-refractivity contribution in [1.82, 2.24) is 10.2 Å². The standard InChI is InChI=1S/C27H36N2O4/c1-5-23(27(31)28-17-19(2)3)29(18-22-8-6-7-20(4)15-22)26(30)12-10-21-9-11-24-25(16-21)33-14-13-32-24/h6-9,11,15-16,19,23H,5,10,12-14,17-18H2,1-4H3,(H,28,31). The third kappa shape index (κ3) is 6.98. The Kier molecular flexibility index (Phi) is 8.75. The minimum absolute atomic E-state index is 0.0297. The lowest BCUT2D eigenvalue weighted by molar-refractivity contribution is -0.141. The molecule has 1 unspecified atom stereocenters. The maximum Gasteiger partial charge on any atom is 0.242 e. The van der Waals surface area contributed by atoms with E-state index in [-0.39, 0.29) is 11.8 Å². The number of fused-ring (bicyclic) bond motifs is 1. The number of benzene rings is 2. The van der Waals surface area contributed by atoms with Crippen LogP contribution in [0.25, 0.3) is 0 Å². The molecule has 178 valence electrons. The normalized spacial score (nSPS) is 13.5. The number of nitrogens with one attached hydrogen (secondary N) is 1. The molecule has 6 heteroatoms. The van der Waals surface area contributed by atoms with E-state index in [9.17, 15) is 9.59 Å². The van der Waals surface area contributed by atoms with E-state index in [0.29, 0.717) is 51.5 Å². The Balaban J connectivity index is 1.75. The summed E-state index contributed by atoms with van der Waals surface area (Å²) in [6.45, 7) is 10.2. The maximum absolute atomic E-state index is 13.4. The Morgan fingerprint density at radius 3 is 2.48 bits per heavy atom. The number of aryl methyl sites for hydroxylation is 2. The third-order valence-electron chi connectivity index (χ3n) is 5.74. The van der Waals surface area contributed by atoms with Gasteiger partial charge in [-0.05, 0) is 48.9 Å². The van der Waals surface area contributed by atoms with Crippen LogP contribution in [0.1, 0.15) is 50.3 Å². The Hall–Kier alpha value is -3.02. The Bertz CT molecular complexity index is 957. The van der Waals surface area contributed by atoms with Crippen LogP contribution in [-0.2, 0) is 22.6 Å². The minimum Gasteiger partial charge on any atom is -0.486 e. The molecular formula is C27H36N2O4. The molecule has 1 aliphatic heterocycles. The van der Waals surface area contributed by atoms with E-state index < -0.39 is 6.04 Å². The van der Waals surface area contributed by atoms with Crippen LogP contribution < -0.4 is 14.8 Å². The largest absolute Gasteiger partial charge is 0.486 e. The zero-order chi connectivity index (χ0) is 23.8. The lowest BCUT2D eigenvalue weighted by Crippen LogP contribution is -2.49. The molecule has 0 saturated heterocycles. The van der Waals surface area contributed by atoms with Crippen molar-refractivity contribution in [2.24, 2.45) is 5.92 Å². The van der Waals surface area contributed by atoms with Gasteiger partial charge in [-0.2, -0.15) is 0 Å². The first-order chi connectivity index (χ1) is 15.9. The SMILES string of the molecule is CCC(C(=O)NCC(C)C)N(Cc1cccc(C)c1)C(=O)CCc1ccc2c(c1)OCCO2. The van der Waals surface area contributed by atoms with Crippen LogP contribution in [-0.4, -0.2) is 42.5 Å². The smallest absolute Gasteiger partial charge is 0.242 e. The van der Waals surface area contributed by atoms with Crippen molar-refractivity contribution in [3.63, 3.8) is 0 Å². The number of hydrogen-bond donors (Lipinski definition) is 1. The van der Waals surface area contributed by atoms with Crippen molar-refractivity contribution < 1.29 is 19.1 Å². The van der Waals surface area contributed by atoms with Crippen molar-refractivity contribution in [2.75, 3.05) is 19.8 Å². The molecule has 33 heavy (non-hydrogen) atoms. The van der Waals surface area contributed by atoms with E-state index in [2.05, 4.69) is 25.2 Å². The monoisotopic (exact) mass is 452 g/mol. The lowest BCUT2D eigenvalue weighted by Gasteiger charge is -2.31. The molecule has 0 spiro atoms. The molecule has 0 bridgehead atoms. The van der Waals surface area contributed by atoms with Crippen LogP contribution in [0.5, 0.6) is 11.5 Å². The van der Waals surface area contributed by atoms with E-state index in [1.807, 2.05) is 50.2 Å². The van der Waals surface area contributed by atoms with E-state index in [0.717, 1.165) is 28.2 Å². The van der Waals surface area contributed by atoms with Crippen molar-refractivity contribution >= 4 is 11.8 Å². The molecule has 6 nitrogen and oxygen atoms in total. The van der Waals surface area contributed by atoms with Crippen molar-refractivity contribution in [3.05, 3.63) is 59.2 Å². The summed E-state index contributed by atoms with van der Waals surface area (Å²) >= 11 is 0. The molecule has 0 fully saturated rings. The Morgan fingerprint density at radius 2 is 1.79 bits per heavy atom. The highest BCUT2D eigenvalue weighted by Crippen LogP contribution is 2.31. The van der Waals surface area contributed by atoms with E-state index >= 15 is 0 Å². The highest BCUT2D eigenvalue weighted by atomic mass is 16.6. The summed E-state index contributed by atoms with van der Waals surface area (Å²) < 4.78 is 11.3. The van der Waals surface area contributed by atoms with Crippen LogP contribution in [0.3, 0.4) is 0 Å². The third-order valence-corrected chi connectivity index (χ3v) is 5.74. The molecule has 1 aliphatic rings. The number of carbonyl (C=O) groups is 2. The molecule has 1 N–H and O–H groups in total. The van der Waals surface area contributed by atoms with Crippen molar-refractivity contribution in [2.45, 2.75) is 59.5 Å². The van der Waals surface area contributed by atoms with Gasteiger partial charge in [-0.25, -0.2) is 0 Å². The van der Waals surface area contributed by atoms with Gasteiger partial charge in [-0.15, -0.1) is 0 Å². The van der Waals surface area contributed by atoms with Crippen molar-refractivity contribution in [1.29, 1.82) is 0 Å². The first kappa shape index (κ1) is 24.6. The van der Waals surface area contributed by atoms with Crippen LogP contribution >= 0.6 is 0 Å². The van der Waals surface area contributed by atoms with Gasteiger partial charge in [0.1, 0.15) is 19.3 Å². The number of ether oxygens (including phenoxy) is 2. The molecule has 0 aromatic heterocycles. The van der Waals surface area contributed by atoms with Crippen LogP contribution in [0.15, 0.2) is 42.5 Å². The second-order valence-corrected chi connectivity index (χ2v) is 9.05. The second-order valence-electron chi connectivity index (χ2n) is 9.05. The van der Waals surface area contributed by atoms with Crippen LogP contribution in [0, 0.1) is 12.8 Å². The fraction of sp³-hybridized carbons (Fsp3) is 0.481. The van der Waals surface area contributed by atoms with Gasteiger partial charge in [0, 0.05) is 19.5 Å². The van der Waals surface area contributed by atoms with Gasteiger partial charge in [0.05, 0.1) is 0 Å². The average molecular weight is 453 g/mol. The molecule has 0 saturated carbocycles. The summed E-state index contributed by atoms with van der Waals surface area (Å²) in [5.74, 6) is 1.69. The van der Waals surface area contributed by atoms with Gasteiger partial charge in [0.2, 0.25) is 11.8 Å². The van der Waals surface area contributed by atoms with Crippen LogP contribution in [0.2, 0.25) is 0 Å². The summed E-state index contributed by atoms with van der Waals surface area (Å²) in [4.78, 5) is 28.1. The maximum atomic E-state index is 13.4. The first-order valence-electron chi connectivity index (χ1n) is 11.9. The molecule has 0 aliphatic carbocycles. The molecule has 1 atom stereocenters. The fourth-order valence-electron chi connectivity index (χ4n) is 3.99. The van der Waals surface area contributed by atoms with E-state index in [1.165, 1.54) is 0 Å². The highest BCUT2D eigenvalue weighted by Gasteiger charge is 2.28. The summed E-state index contributed by atoms with van der Waals surface area (Å²) in [7, 11) is 0. The number of nitrogens with zero attached hydrogens (tertiary/aromatic N) is 1. The van der Waals surface area contributed by atoms with E-state index in [4.69, 9.17) is 9.47 Å². The molecule has 1 heterocycles. The summed E-state index contributed by atoms with van der Waals surface area (Å²) in [5, 5.41) is 3.01. The quantitative estimate of drug-likeness (QED) is 0.584. The first-order valence-corrected chi connectivity index (χ1v) is 11.9. The van der Waals surface area contributed by atoms with Gasteiger partial charge in [-0.3, -0.25) is 9.59 Å². The molecular weight excluding hydrogens is 416 g/mol. The minimum atomic E-state index is -0.503. The number of hydrogen-bond acceptors (Lipinski definition) is 4. The highest BCUT2D eigenvalue weighted by molar-refractivity contribution is 5.87. The van der Waals surface area contributed by atoms with Gasteiger partial charge in [0.15, 0.2) is 11.5 Å². The summed E-state index contributed by atoms with van der Waals surface area (Å²) in [6.07, 6.45) is 1.45. The van der Waals surface area contributed by atoms with Crippen LogP contribution in [0.4, 0.5) is 0 Å². The summed E-state index contributed by atoms with van der Waals surface area (Å²) in [5.41, 5.74) is 3.17. The number of amides is 2. The summed E-state index contributed by atoms with van der Waals surface area (Å²) in [6, 6.07) is 13.4. The molecule has 2 aromatic rings. The predicted octanol–water partition coefficient (Wildman–Crippen LogP) is 4.28. The van der Waals surface area contributed by atoms with Gasteiger partial charge >= 0.3 is 0 Å². The lowest BCUT2D eigenvalue weighted by atomic mass is 10.0. The molecule has 0 radical (unpaired) electrons. The second kappa shape index (κ2) is 11.7. The zero-order valence-corrected chi connectivity index (χ0v) is 20.2. The zero-order valence-electron chi connectivity index (χ0n) is 20.2. The van der Waals surface area contributed by atoms with Gasteiger partial charge in [0.25, 0.3) is 0 Å². The number of rotatable bonds is 10. The van der Waals surface area contributed by atoms with Crippen molar-refractivity contribution in [3.8, 4) is 11.5 Å².